The van der Waals surface area contributed by atoms with Crippen LogP contribution in [-0.2, 0) is 12.8 Å². The van der Waals surface area contributed by atoms with Gasteiger partial charge in [-0.1, -0.05) is 54.6 Å². The van der Waals surface area contributed by atoms with E-state index in [1.54, 1.807) is 0 Å². The van der Waals surface area contributed by atoms with Crippen molar-refractivity contribution in [3.05, 3.63) is 71.3 Å². The highest BCUT2D eigenvalue weighted by Crippen LogP contribution is 2.27. The Hall–Kier alpha value is -1.89. The average Bonchev–Trinajstić information content (AvgIpc) is 2.47. The van der Waals surface area contributed by atoms with Crippen LogP contribution in [0.5, 0.6) is 0 Å². The number of hydrogen-bond acceptors (Lipinski definition) is 1. The number of Topliss-reactive ketones (excluding diaryl/α,β-unsaturated/α-hetero) is 1. The monoisotopic (exact) mass is 236 g/mol. The van der Waals surface area contributed by atoms with Crippen molar-refractivity contribution in [1.82, 2.24) is 0 Å². The Morgan fingerprint density at radius 2 is 1.56 bits per heavy atom. The number of ketones is 1. The van der Waals surface area contributed by atoms with Crippen LogP contribution < -0.4 is 0 Å². The first-order chi connectivity index (χ1) is 8.84. The second-order valence-corrected chi connectivity index (χ2v) is 4.94. The summed E-state index contributed by atoms with van der Waals surface area (Å²) < 4.78 is 0. The van der Waals surface area contributed by atoms with E-state index in [2.05, 4.69) is 24.3 Å². The number of carbonyl (C=O) groups excluding carboxylic acids is 1. The maximum absolute atomic E-state index is 12.4. The molecule has 0 spiro atoms. The van der Waals surface area contributed by atoms with Gasteiger partial charge in [0.25, 0.3) is 0 Å². The average molecular weight is 236 g/mol. The SMILES string of the molecule is O=C(c1ccccc1)C1CCc2ccccc2C1. The van der Waals surface area contributed by atoms with Crippen LogP contribution in [0.3, 0.4) is 0 Å². The zero-order valence-electron chi connectivity index (χ0n) is 10.3. The summed E-state index contributed by atoms with van der Waals surface area (Å²) in [6.45, 7) is 0. The van der Waals surface area contributed by atoms with Crippen LogP contribution in [0, 0.1) is 5.92 Å². The zero-order chi connectivity index (χ0) is 12.4. The molecule has 1 aliphatic rings. The summed E-state index contributed by atoms with van der Waals surface area (Å²) in [5.74, 6) is 0.451. The quantitative estimate of drug-likeness (QED) is 0.727. The molecule has 2 aromatic carbocycles. The minimum absolute atomic E-state index is 0.155. The van der Waals surface area contributed by atoms with E-state index < -0.39 is 0 Å². The third kappa shape index (κ3) is 2.08. The predicted octanol–water partition coefficient (Wildman–Crippen LogP) is 3.67. The molecule has 0 N–H and O–H groups in total. The lowest BCUT2D eigenvalue weighted by Gasteiger charge is -2.23. The number of benzene rings is 2. The smallest absolute Gasteiger partial charge is 0.166 e. The number of fused-ring (bicyclic) bond motifs is 1. The fourth-order valence-corrected chi connectivity index (χ4v) is 2.76. The van der Waals surface area contributed by atoms with E-state index in [1.165, 1.54) is 11.1 Å². The molecular weight excluding hydrogens is 220 g/mol. The Morgan fingerprint density at radius 1 is 0.889 bits per heavy atom. The molecule has 0 radical (unpaired) electrons. The van der Waals surface area contributed by atoms with Gasteiger partial charge in [0, 0.05) is 11.5 Å². The van der Waals surface area contributed by atoms with Crippen LogP contribution in [0.4, 0.5) is 0 Å². The lowest BCUT2D eigenvalue weighted by Crippen LogP contribution is -2.22. The van der Waals surface area contributed by atoms with Gasteiger partial charge in [0.05, 0.1) is 0 Å². The molecule has 0 fully saturated rings. The Balaban J connectivity index is 1.82. The van der Waals surface area contributed by atoms with Gasteiger partial charge in [-0.25, -0.2) is 0 Å². The predicted molar refractivity (Wildman–Crippen MR) is 72.7 cm³/mol. The minimum atomic E-state index is 0.155. The molecule has 3 rings (SSSR count). The molecule has 0 aromatic heterocycles. The molecule has 0 aliphatic heterocycles. The normalized spacial score (nSPS) is 18.1. The van der Waals surface area contributed by atoms with Gasteiger partial charge in [0.1, 0.15) is 0 Å². The van der Waals surface area contributed by atoms with E-state index in [0.29, 0.717) is 5.78 Å². The third-order valence-corrected chi connectivity index (χ3v) is 3.78. The van der Waals surface area contributed by atoms with E-state index >= 15 is 0 Å². The molecule has 0 amide bonds. The summed E-state index contributed by atoms with van der Waals surface area (Å²) in [6, 6.07) is 18.1. The lowest BCUT2D eigenvalue weighted by atomic mass is 9.80. The van der Waals surface area contributed by atoms with Gasteiger partial charge in [-0.15, -0.1) is 0 Å². The summed E-state index contributed by atoms with van der Waals surface area (Å²) in [7, 11) is 0. The van der Waals surface area contributed by atoms with Crippen LogP contribution in [0.15, 0.2) is 54.6 Å². The number of aryl methyl sites for hydroxylation is 1. The standard InChI is InChI=1S/C17H16O/c18-17(14-7-2-1-3-8-14)16-11-10-13-6-4-5-9-15(13)12-16/h1-9,16H,10-12H2. The highest BCUT2D eigenvalue weighted by molar-refractivity contribution is 5.98. The van der Waals surface area contributed by atoms with Crippen LogP contribution in [0.25, 0.3) is 0 Å². The van der Waals surface area contributed by atoms with E-state index in [4.69, 9.17) is 0 Å². The topological polar surface area (TPSA) is 17.1 Å². The van der Waals surface area contributed by atoms with E-state index in [1.807, 2.05) is 30.3 Å². The van der Waals surface area contributed by atoms with Crippen molar-refractivity contribution in [2.24, 2.45) is 5.92 Å². The van der Waals surface area contributed by atoms with Gasteiger partial charge in [-0.05, 0) is 30.4 Å². The van der Waals surface area contributed by atoms with Crippen molar-refractivity contribution >= 4 is 5.78 Å². The summed E-state index contributed by atoms with van der Waals surface area (Å²) in [5, 5.41) is 0. The van der Waals surface area contributed by atoms with Gasteiger partial charge in [-0.2, -0.15) is 0 Å². The molecule has 18 heavy (non-hydrogen) atoms. The van der Waals surface area contributed by atoms with E-state index in [0.717, 1.165) is 24.8 Å². The lowest BCUT2D eigenvalue weighted by molar-refractivity contribution is 0.0909. The molecule has 90 valence electrons. The second kappa shape index (κ2) is 4.77. The Morgan fingerprint density at radius 3 is 2.33 bits per heavy atom. The third-order valence-electron chi connectivity index (χ3n) is 3.78. The van der Waals surface area contributed by atoms with Crippen molar-refractivity contribution < 1.29 is 4.79 Å². The number of rotatable bonds is 2. The summed E-state index contributed by atoms with van der Waals surface area (Å²) in [6.07, 6.45) is 2.90. The molecule has 1 unspecified atom stereocenters. The number of carbonyl (C=O) groups is 1. The molecule has 0 bridgehead atoms. The molecule has 0 saturated heterocycles. The van der Waals surface area contributed by atoms with Crippen molar-refractivity contribution in [3.63, 3.8) is 0 Å². The van der Waals surface area contributed by atoms with Crippen LogP contribution >= 0.6 is 0 Å². The van der Waals surface area contributed by atoms with Gasteiger partial charge in [0.2, 0.25) is 0 Å². The van der Waals surface area contributed by atoms with E-state index in [9.17, 15) is 4.79 Å². The Bertz CT molecular complexity index is 557. The molecule has 2 aromatic rings. The molecule has 1 heteroatoms. The first kappa shape index (κ1) is 11.2. The molecular formula is C17H16O. The molecule has 0 saturated carbocycles. The zero-order valence-corrected chi connectivity index (χ0v) is 10.3. The maximum atomic E-state index is 12.4. The van der Waals surface area contributed by atoms with Gasteiger partial charge in [-0.3, -0.25) is 4.79 Å². The number of hydrogen-bond donors (Lipinski definition) is 0. The minimum Gasteiger partial charge on any atom is -0.294 e. The highest BCUT2D eigenvalue weighted by atomic mass is 16.1. The fourth-order valence-electron chi connectivity index (χ4n) is 2.76. The van der Waals surface area contributed by atoms with Gasteiger partial charge < -0.3 is 0 Å². The second-order valence-electron chi connectivity index (χ2n) is 4.94. The van der Waals surface area contributed by atoms with Crippen molar-refractivity contribution in [3.8, 4) is 0 Å². The molecule has 1 atom stereocenters. The van der Waals surface area contributed by atoms with Gasteiger partial charge in [0.15, 0.2) is 5.78 Å². The van der Waals surface area contributed by atoms with Crippen molar-refractivity contribution in [1.29, 1.82) is 0 Å². The maximum Gasteiger partial charge on any atom is 0.166 e. The Kier molecular flexibility index (Phi) is 2.97. The van der Waals surface area contributed by atoms with Crippen LogP contribution in [0.2, 0.25) is 0 Å². The molecule has 1 nitrogen and oxygen atoms in total. The summed E-state index contributed by atoms with van der Waals surface area (Å²) in [5.41, 5.74) is 3.61. The highest BCUT2D eigenvalue weighted by Gasteiger charge is 2.24. The van der Waals surface area contributed by atoms with Crippen LogP contribution in [0.1, 0.15) is 27.9 Å². The largest absolute Gasteiger partial charge is 0.294 e. The van der Waals surface area contributed by atoms with Crippen LogP contribution in [-0.4, -0.2) is 5.78 Å². The van der Waals surface area contributed by atoms with Crippen molar-refractivity contribution in [2.45, 2.75) is 19.3 Å². The van der Waals surface area contributed by atoms with Crippen molar-refractivity contribution in [2.75, 3.05) is 0 Å². The van der Waals surface area contributed by atoms with Gasteiger partial charge >= 0.3 is 0 Å². The summed E-state index contributed by atoms with van der Waals surface area (Å²) >= 11 is 0. The fraction of sp³-hybridized carbons (Fsp3) is 0.235. The molecule has 0 heterocycles. The molecule has 1 aliphatic carbocycles. The van der Waals surface area contributed by atoms with E-state index in [-0.39, 0.29) is 5.92 Å². The Labute approximate surface area is 107 Å². The first-order valence-electron chi connectivity index (χ1n) is 6.50. The first-order valence-corrected chi connectivity index (χ1v) is 6.50. The summed E-state index contributed by atoms with van der Waals surface area (Å²) in [4.78, 5) is 12.4.